The highest BCUT2D eigenvalue weighted by molar-refractivity contribution is 5.70. The molecule has 1 N–H and O–H groups in total. The molecule has 2 aliphatic rings. The number of nitriles is 1. The number of hydrogen-bond donors (Lipinski definition) is 1. The van der Waals surface area contributed by atoms with Gasteiger partial charge >= 0.3 is 0 Å². The molecule has 192 valence electrons. The summed E-state index contributed by atoms with van der Waals surface area (Å²) in [6.45, 7) is 5.85. The normalized spacial score (nSPS) is 16.7. The Balaban J connectivity index is 1.24. The largest absolute Gasteiger partial charge is 0.495 e. The van der Waals surface area contributed by atoms with Crippen LogP contribution in [0.25, 0.3) is 11.1 Å². The van der Waals surface area contributed by atoms with E-state index in [1.165, 1.54) is 0 Å². The minimum Gasteiger partial charge on any atom is -0.495 e. The van der Waals surface area contributed by atoms with Crippen LogP contribution in [-0.2, 0) is 4.74 Å². The molecule has 0 spiro atoms. The van der Waals surface area contributed by atoms with Crippen LogP contribution < -0.4 is 19.7 Å². The predicted octanol–water partition coefficient (Wildman–Crippen LogP) is 4.08. The second-order valence-corrected chi connectivity index (χ2v) is 9.20. The number of nitrogens with one attached hydrogen (secondary N) is 1. The second kappa shape index (κ2) is 11.5. The summed E-state index contributed by atoms with van der Waals surface area (Å²) >= 11 is 0. The second-order valence-electron chi connectivity index (χ2n) is 9.20. The van der Waals surface area contributed by atoms with Crippen molar-refractivity contribution >= 4 is 17.3 Å². The first kappa shape index (κ1) is 24.8. The lowest BCUT2D eigenvalue weighted by molar-refractivity contribution is 0.0115. The maximum absolute atomic E-state index is 9.20. The minimum atomic E-state index is 0.474. The quantitative estimate of drug-likeness (QED) is 0.515. The van der Waals surface area contributed by atoms with Crippen LogP contribution in [0.4, 0.5) is 17.3 Å². The van der Waals surface area contributed by atoms with Crippen LogP contribution in [0.3, 0.4) is 0 Å². The number of ether oxygens (including phenoxy) is 3. The lowest BCUT2D eigenvalue weighted by atomic mass is 10.0. The van der Waals surface area contributed by atoms with Crippen molar-refractivity contribution in [1.82, 2.24) is 14.9 Å². The van der Waals surface area contributed by atoms with Crippen molar-refractivity contribution in [2.24, 2.45) is 0 Å². The van der Waals surface area contributed by atoms with E-state index >= 15 is 0 Å². The number of benzene rings is 2. The monoisotopic (exact) mass is 500 g/mol. The Kier molecular flexibility index (Phi) is 7.68. The third kappa shape index (κ3) is 5.61. The molecular weight excluding hydrogens is 468 g/mol. The fourth-order valence-corrected chi connectivity index (χ4v) is 5.04. The molecule has 3 aromatic rings. The zero-order valence-corrected chi connectivity index (χ0v) is 21.3. The molecule has 5 rings (SSSR count). The Morgan fingerprint density at radius 2 is 1.65 bits per heavy atom. The molecule has 2 saturated heterocycles. The van der Waals surface area contributed by atoms with E-state index < -0.39 is 0 Å². The van der Waals surface area contributed by atoms with Crippen LogP contribution in [0.2, 0.25) is 0 Å². The number of piperidine rings is 1. The SMILES string of the molecule is COc1cc(-c2cnc(Nc3ccc(N4CCC(N5CCOCC5)CC4)cc3OC)nc2)ccc1C#N. The molecule has 0 unspecified atom stereocenters. The predicted molar refractivity (Wildman–Crippen MR) is 143 cm³/mol. The van der Waals surface area contributed by atoms with Crippen LogP contribution >= 0.6 is 0 Å². The smallest absolute Gasteiger partial charge is 0.227 e. The van der Waals surface area contributed by atoms with E-state index in [-0.39, 0.29) is 0 Å². The molecule has 0 atom stereocenters. The molecule has 37 heavy (non-hydrogen) atoms. The van der Waals surface area contributed by atoms with Crippen LogP contribution in [0, 0.1) is 11.3 Å². The molecule has 0 amide bonds. The summed E-state index contributed by atoms with van der Waals surface area (Å²) in [4.78, 5) is 14.0. The van der Waals surface area contributed by atoms with Gasteiger partial charge in [-0.25, -0.2) is 9.97 Å². The first-order chi connectivity index (χ1) is 18.2. The van der Waals surface area contributed by atoms with Gasteiger partial charge in [-0.15, -0.1) is 0 Å². The lowest BCUT2D eigenvalue weighted by Gasteiger charge is -2.40. The molecule has 2 aromatic carbocycles. The van der Waals surface area contributed by atoms with Crippen LogP contribution in [-0.4, -0.2) is 74.5 Å². The van der Waals surface area contributed by atoms with Gasteiger partial charge in [0.25, 0.3) is 0 Å². The van der Waals surface area contributed by atoms with Crippen molar-refractivity contribution in [1.29, 1.82) is 5.26 Å². The molecule has 0 radical (unpaired) electrons. The van der Waals surface area contributed by atoms with Crippen LogP contribution in [0.15, 0.2) is 48.8 Å². The molecule has 9 nitrogen and oxygen atoms in total. The molecule has 0 bridgehead atoms. The first-order valence-electron chi connectivity index (χ1n) is 12.6. The van der Waals surface area contributed by atoms with Crippen molar-refractivity contribution in [2.45, 2.75) is 18.9 Å². The van der Waals surface area contributed by atoms with Gasteiger partial charge in [0, 0.05) is 61.9 Å². The molecule has 9 heteroatoms. The van der Waals surface area contributed by atoms with Gasteiger partial charge in [-0.05, 0) is 42.7 Å². The van der Waals surface area contributed by atoms with Crippen LogP contribution in [0.5, 0.6) is 11.5 Å². The standard InChI is InChI=1S/C28H32N6O3/c1-35-26-15-20(3-4-21(26)17-29)22-18-30-28(31-19-22)32-25-6-5-24(16-27(25)36-2)33-9-7-23(8-10-33)34-11-13-37-14-12-34/h3-6,15-16,18-19,23H,7-14H2,1-2H3,(H,30,31,32). The van der Waals surface area contributed by atoms with E-state index in [0.29, 0.717) is 23.3 Å². The molecule has 2 aliphatic heterocycles. The Morgan fingerprint density at radius 1 is 0.919 bits per heavy atom. The zero-order chi connectivity index (χ0) is 25.6. The van der Waals surface area contributed by atoms with Crippen molar-refractivity contribution in [3.8, 4) is 28.7 Å². The number of morpholine rings is 1. The van der Waals surface area contributed by atoms with Crippen molar-refractivity contribution in [3.05, 3.63) is 54.4 Å². The minimum absolute atomic E-state index is 0.474. The summed E-state index contributed by atoms with van der Waals surface area (Å²) < 4.78 is 16.5. The highest BCUT2D eigenvalue weighted by atomic mass is 16.5. The fourth-order valence-electron chi connectivity index (χ4n) is 5.04. The van der Waals surface area contributed by atoms with Gasteiger partial charge in [0.15, 0.2) is 0 Å². The molecule has 3 heterocycles. The first-order valence-corrected chi connectivity index (χ1v) is 12.6. The average Bonchev–Trinajstić information content (AvgIpc) is 2.98. The Morgan fingerprint density at radius 3 is 2.32 bits per heavy atom. The summed E-state index contributed by atoms with van der Waals surface area (Å²) in [6, 6.07) is 14.4. The van der Waals surface area contributed by atoms with Gasteiger partial charge in [0.05, 0.1) is 38.7 Å². The maximum atomic E-state index is 9.20. The van der Waals surface area contributed by atoms with E-state index in [4.69, 9.17) is 14.2 Å². The highest BCUT2D eigenvalue weighted by Crippen LogP contribution is 2.33. The number of hydrogen-bond acceptors (Lipinski definition) is 9. The van der Waals surface area contributed by atoms with Gasteiger partial charge in [0.2, 0.25) is 5.95 Å². The van der Waals surface area contributed by atoms with Gasteiger partial charge in [-0.2, -0.15) is 5.26 Å². The number of nitrogens with zero attached hydrogens (tertiary/aromatic N) is 5. The summed E-state index contributed by atoms with van der Waals surface area (Å²) in [6.07, 6.45) is 5.81. The third-order valence-electron chi connectivity index (χ3n) is 7.13. The van der Waals surface area contributed by atoms with Gasteiger partial charge in [-0.1, -0.05) is 6.07 Å². The highest BCUT2D eigenvalue weighted by Gasteiger charge is 2.26. The summed E-state index contributed by atoms with van der Waals surface area (Å²) in [5, 5.41) is 12.5. The number of aromatic nitrogens is 2. The van der Waals surface area contributed by atoms with E-state index in [1.54, 1.807) is 32.7 Å². The van der Waals surface area contributed by atoms with Gasteiger partial charge in [-0.3, -0.25) is 4.90 Å². The maximum Gasteiger partial charge on any atom is 0.227 e. The summed E-state index contributed by atoms with van der Waals surface area (Å²) in [5.74, 6) is 1.75. The lowest BCUT2D eigenvalue weighted by Crippen LogP contribution is -2.49. The summed E-state index contributed by atoms with van der Waals surface area (Å²) in [7, 11) is 3.23. The van der Waals surface area contributed by atoms with Crippen LogP contribution in [0.1, 0.15) is 18.4 Å². The summed E-state index contributed by atoms with van der Waals surface area (Å²) in [5.41, 5.74) is 4.16. The van der Waals surface area contributed by atoms with E-state index in [0.717, 1.165) is 80.5 Å². The van der Waals surface area contributed by atoms with Crippen molar-refractivity contribution < 1.29 is 14.2 Å². The number of rotatable bonds is 7. The topological polar surface area (TPSA) is 95.8 Å². The molecule has 2 fully saturated rings. The molecule has 0 saturated carbocycles. The van der Waals surface area contributed by atoms with E-state index in [2.05, 4.69) is 43.3 Å². The fraction of sp³-hybridized carbons (Fsp3) is 0.393. The Bertz CT molecular complexity index is 1250. The average molecular weight is 501 g/mol. The van der Waals surface area contributed by atoms with E-state index in [1.807, 2.05) is 18.2 Å². The molecular formula is C28H32N6O3. The van der Waals surface area contributed by atoms with Gasteiger partial charge < -0.3 is 24.4 Å². The third-order valence-corrected chi connectivity index (χ3v) is 7.13. The van der Waals surface area contributed by atoms with E-state index in [9.17, 15) is 5.26 Å². The number of anilines is 3. The Hall–Kier alpha value is -3.87. The van der Waals surface area contributed by atoms with Gasteiger partial charge in [0.1, 0.15) is 17.6 Å². The molecule has 1 aromatic heterocycles. The Labute approximate surface area is 217 Å². The number of methoxy groups -OCH3 is 2. The van der Waals surface area contributed by atoms with Crippen molar-refractivity contribution in [3.63, 3.8) is 0 Å². The molecule has 0 aliphatic carbocycles. The van der Waals surface area contributed by atoms with Crippen molar-refractivity contribution in [2.75, 3.05) is 63.8 Å². The zero-order valence-electron chi connectivity index (χ0n) is 21.3.